The third-order valence-electron chi connectivity index (χ3n) is 3.56. The predicted octanol–water partition coefficient (Wildman–Crippen LogP) is 0.798. The molecule has 3 N–H and O–H groups in total. The number of benzene rings is 1. The highest BCUT2D eigenvalue weighted by molar-refractivity contribution is 5.85. The van der Waals surface area contributed by atoms with Crippen molar-refractivity contribution in [3.8, 4) is 0 Å². The van der Waals surface area contributed by atoms with Gasteiger partial charge < -0.3 is 15.7 Å². The second-order valence-corrected chi connectivity index (χ2v) is 5.13. The average molecular weight is 276 g/mol. The van der Waals surface area contributed by atoms with E-state index < -0.39 is 12.0 Å². The van der Waals surface area contributed by atoms with Gasteiger partial charge in [0, 0.05) is 13.0 Å². The van der Waals surface area contributed by atoms with Crippen LogP contribution in [0, 0.1) is 5.92 Å². The Morgan fingerprint density at radius 2 is 2.10 bits per heavy atom. The summed E-state index contributed by atoms with van der Waals surface area (Å²) in [5.74, 6) is -1.28. The summed E-state index contributed by atoms with van der Waals surface area (Å²) in [5.41, 5.74) is 0.905. The van der Waals surface area contributed by atoms with Gasteiger partial charge in [0.05, 0.1) is 5.92 Å². The van der Waals surface area contributed by atoms with Gasteiger partial charge in [0.15, 0.2) is 0 Å². The van der Waals surface area contributed by atoms with Gasteiger partial charge in [0.1, 0.15) is 6.04 Å². The monoisotopic (exact) mass is 276 g/mol. The summed E-state index contributed by atoms with van der Waals surface area (Å²) >= 11 is 0. The van der Waals surface area contributed by atoms with E-state index in [2.05, 4.69) is 10.6 Å². The van der Waals surface area contributed by atoms with Crippen LogP contribution >= 0.6 is 0 Å². The summed E-state index contributed by atoms with van der Waals surface area (Å²) in [6.07, 6.45) is 2.08. The fourth-order valence-electron chi connectivity index (χ4n) is 2.42. The zero-order chi connectivity index (χ0) is 14.4. The first-order valence-corrected chi connectivity index (χ1v) is 6.94. The van der Waals surface area contributed by atoms with Gasteiger partial charge in [-0.2, -0.15) is 0 Å². The molecule has 1 amide bonds. The van der Waals surface area contributed by atoms with Gasteiger partial charge in [0.2, 0.25) is 5.91 Å². The van der Waals surface area contributed by atoms with Crippen molar-refractivity contribution in [3.05, 3.63) is 35.9 Å². The van der Waals surface area contributed by atoms with Crippen LogP contribution in [-0.2, 0) is 16.0 Å². The van der Waals surface area contributed by atoms with Crippen LogP contribution in [-0.4, -0.2) is 36.1 Å². The average Bonchev–Trinajstić information content (AvgIpc) is 2.48. The van der Waals surface area contributed by atoms with E-state index >= 15 is 0 Å². The van der Waals surface area contributed by atoms with Crippen molar-refractivity contribution in [2.75, 3.05) is 13.1 Å². The van der Waals surface area contributed by atoms with E-state index in [0.29, 0.717) is 13.0 Å². The SMILES string of the molecule is O=C(N[C@H](Cc1ccccc1)C(=O)O)[C@H]1CCCNC1. The number of carboxylic acids is 1. The number of carbonyl (C=O) groups is 2. The highest BCUT2D eigenvalue weighted by Crippen LogP contribution is 2.11. The van der Waals surface area contributed by atoms with Crippen molar-refractivity contribution in [1.82, 2.24) is 10.6 Å². The van der Waals surface area contributed by atoms with Crippen molar-refractivity contribution >= 4 is 11.9 Å². The van der Waals surface area contributed by atoms with E-state index in [1.54, 1.807) is 0 Å². The number of hydrogen-bond donors (Lipinski definition) is 3. The predicted molar refractivity (Wildman–Crippen MR) is 75.3 cm³/mol. The molecule has 20 heavy (non-hydrogen) atoms. The van der Waals surface area contributed by atoms with Gasteiger partial charge in [0.25, 0.3) is 0 Å². The van der Waals surface area contributed by atoms with Crippen LogP contribution in [0.15, 0.2) is 30.3 Å². The smallest absolute Gasteiger partial charge is 0.326 e. The van der Waals surface area contributed by atoms with E-state index in [4.69, 9.17) is 0 Å². The summed E-state index contributed by atoms with van der Waals surface area (Å²) in [6.45, 7) is 1.56. The minimum absolute atomic E-state index is 0.124. The summed E-state index contributed by atoms with van der Waals surface area (Å²) in [6, 6.07) is 8.47. The number of amides is 1. The Balaban J connectivity index is 1.95. The lowest BCUT2D eigenvalue weighted by atomic mass is 9.97. The van der Waals surface area contributed by atoms with Crippen molar-refractivity contribution in [3.63, 3.8) is 0 Å². The van der Waals surface area contributed by atoms with Gasteiger partial charge >= 0.3 is 5.97 Å². The Morgan fingerprint density at radius 1 is 1.35 bits per heavy atom. The number of nitrogens with one attached hydrogen (secondary N) is 2. The lowest BCUT2D eigenvalue weighted by Gasteiger charge is -2.24. The Bertz CT molecular complexity index is 455. The number of hydrogen-bond acceptors (Lipinski definition) is 3. The number of carboxylic acid groups (broad SMARTS) is 1. The molecule has 5 heteroatoms. The Labute approximate surface area is 118 Å². The van der Waals surface area contributed by atoms with Gasteiger partial charge in [-0.15, -0.1) is 0 Å². The molecule has 1 heterocycles. The van der Waals surface area contributed by atoms with Crippen LogP contribution in [0.25, 0.3) is 0 Å². The Hall–Kier alpha value is -1.88. The number of carbonyl (C=O) groups excluding carboxylic acids is 1. The first kappa shape index (κ1) is 14.5. The third kappa shape index (κ3) is 4.06. The number of piperidine rings is 1. The van der Waals surface area contributed by atoms with Crippen molar-refractivity contribution in [2.24, 2.45) is 5.92 Å². The summed E-state index contributed by atoms with van der Waals surface area (Å²) < 4.78 is 0. The quantitative estimate of drug-likeness (QED) is 0.743. The Morgan fingerprint density at radius 3 is 2.70 bits per heavy atom. The first-order chi connectivity index (χ1) is 9.66. The molecule has 0 unspecified atom stereocenters. The molecule has 1 fully saturated rings. The first-order valence-electron chi connectivity index (χ1n) is 6.94. The maximum absolute atomic E-state index is 12.1. The normalized spacial score (nSPS) is 20.1. The van der Waals surface area contributed by atoms with Gasteiger partial charge in [-0.1, -0.05) is 30.3 Å². The maximum Gasteiger partial charge on any atom is 0.326 e. The molecule has 2 atom stereocenters. The van der Waals surface area contributed by atoms with Crippen molar-refractivity contribution in [1.29, 1.82) is 0 Å². The highest BCUT2D eigenvalue weighted by atomic mass is 16.4. The second-order valence-electron chi connectivity index (χ2n) is 5.13. The Kier molecular flexibility index (Phi) is 5.12. The van der Waals surface area contributed by atoms with Gasteiger partial charge in [-0.25, -0.2) is 4.79 Å². The molecule has 0 aromatic heterocycles. The third-order valence-corrected chi connectivity index (χ3v) is 3.56. The van der Waals surface area contributed by atoms with Gasteiger partial charge in [-0.05, 0) is 24.9 Å². The van der Waals surface area contributed by atoms with E-state index in [-0.39, 0.29) is 11.8 Å². The minimum Gasteiger partial charge on any atom is -0.480 e. The maximum atomic E-state index is 12.1. The van der Waals surface area contributed by atoms with Crippen LogP contribution < -0.4 is 10.6 Å². The molecule has 1 saturated heterocycles. The fraction of sp³-hybridized carbons (Fsp3) is 0.467. The molecular weight excluding hydrogens is 256 g/mol. The van der Waals surface area contributed by atoms with Crippen molar-refractivity contribution in [2.45, 2.75) is 25.3 Å². The van der Waals surface area contributed by atoms with Gasteiger partial charge in [-0.3, -0.25) is 4.79 Å². The van der Waals surface area contributed by atoms with E-state index in [1.165, 1.54) is 0 Å². The van der Waals surface area contributed by atoms with Crippen LogP contribution in [0.2, 0.25) is 0 Å². The molecule has 5 nitrogen and oxygen atoms in total. The second kappa shape index (κ2) is 7.05. The van der Waals surface area contributed by atoms with E-state index in [1.807, 2.05) is 30.3 Å². The van der Waals surface area contributed by atoms with Crippen LogP contribution in [0.4, 0.5) is 0 Å². The lowest BCUT2D eigenvalue weighted by molar-refractivity contribution is -0.142. The molecule has 0 aliphatic carbocycles. The molecule has 0 saturated carbocycles. The van der Waals surface area contributed by atoms with Crippen LogP contribution in [0.3, 0.4) is 0 Å². The summed E-state index contributed by atoms with van der Waals surface area (Å²) in [7, 11) is 0. The molecular formula is C15H20N2O3. The zero-order valence-corrected chi connectivity index (χ0v) is 11.3. The van der Waals surface area contributed by atoms with Crippen LogP contribution in [0.1, 0.15) is 18.4 Å². The molecule has 0 bridgehead atoms. The zero-order valence-electron chi connectivity index (χ0n) is 11.3. The molecule has 1 aliphatic heterocycles. The topological polar surface area (TPSA) is 78.4 Å². The molecule has 108 valence electrons. The molecule has 1 aliphatic rings. The summed E-state index contributed by atoms with van der Waals surface area (Å²) in [4.78, 5) is 23.4. The lowest BCUT2D eigenvalue weighted by Crippen LogP contribution is -2.48. The molecule has 0 spiro atoms. The summed E-state index contributed by atoms with van der Waals surface area (Å²) in [5, 5.41) is 15.1. The molecule has 2 rings (SSSR count). The minimum atomic E-state index is -0.994. The van der Waals surface area contributed by atoms with Crippen LogP contribution in [0.5, 0.6) is 0 Å². The molecule has 1 aromatic rings. The molecule has 0 radical (unpaired) electrons. The van der Waals surface area contributed by atoms with E-state index in [9.17, 15) is 14.7 Å². The fourth-order valence-corrected chi connectivity index (χ4v) is 2.42. The highest BCUT2D eigenvalue weighted by Gasteiger charge is 2.26. The largest absolute Gasteiger partial charge is 0.480 e. The number of rotatable bonds is 5. The van der Waals surface area contributed by atoms with Crippen molar-refractivity contribution < 1.29 is 14.7 Å². The standard InChI is InChI=1S/C15H20N2O3/c18-14(12-7-4-8-16-10-12)17-13(15(19)20)9-11-5-2-1-3-6-11/h1-3,5-6,12-13,16H,4,7-10H2,(H,17,18)(H,19,20)/t12-,13+/m0/s1. The van der Waals surface area contributed by atoms with E-state index in [0.717, 1.165) is 24.9 Å². The number of aliphatic carboxylic acids is 1. The molecule has 1 aromatic carbocycles.